The number of fused-ring (bicyclic) bond motifs is 1. The average Bonchev–Trinajstić information content (AvgIpc) is 3.36. The summed E-state index contributed by atoms with van der Waals surface area (Å²) in [6.07, 6.45) is -1.02. The Bertz CT molecular complexity index is 1350. The molecule has 0 bridgehead atoms. The second-order valence-corrected chi connectivity index (χ2v) is 8.26. The zero-order valence-electron chi connectivity index (χ0n) is 17.7. The average molecular weight is 459 g/mol. The molecule has 1 aromatic carbocycles. The number of carbonyl (C=O) groups excluding carboxylic acids is 1. The summed E-state index contributed by atoms with van der Waals surface area (Å²) in [4.78, 5) is 30.3. The van der Waals surface area contributed by atoms with Crippen molar-refractivity contribution in [3.8, 4) is 0 Å². The molecule has 4 rings (SSSR count). The summed E-state index contributed by atoms with van der Waals surface area (Å²) >= 11 is 0. The van der Waals surface area contributed by atoms with Crippen molar-refractivity contribution in [2.24, 2.45) is 0 Å². The standard InChI is InChI=1S/C22H20F3N5O3/c1-21(2,10-9-16-28-20(32)33-29-16)14-5-3-13(4-6-14)19(31)27-17-12-30-11-15(22(23,24)25)7-8-18(30)26-17/h3-8,11-12H,9-10H2,1-2H3,(H,27,31)(H,28,29,32). The molecule has 4 aromatic rings. The van der Waals surface area contributed by atoms with Gasteiger partial charge in [-0.15, -0.1) is 0 Å². The van der Waals surface area contributed by atoms with Gasteiger partial charge in [-0.25, -0.2) is 9.78 Å². The van der Waals surface area contributed by atoms with Crippen molar-refractivity contribution in [1.82, 2.24) is 19.5 Å². The van der Waals surface area contributed by atoms with Crippen LogP contribution in [0.4, 0.5) is 19.0 Å². The summed E-state index contributed by atoms with van der Waals surface area (Å²) in [6.45, 7) is 4.07. The smallest absolute Gasteiger partial charge is 0.305 e. The van der Waals surface area contributed by atoms with Crippen molar-refractivity contribution in [3.63, 3.8) is 0 Å². The minimum Gasteiger partial charge on any atom is -0.305 e. The molecule has 8 nitrogen and oxygen atoms in total. The van der Waals surface area contributed by atoms with Crippen LogP contribution in [0.2, 0.25) is 0 Å². The van der Waals surface area contributed by atoms with Crippen LogP contribution >= 0.6 is 0 Å². The molecule has 0 atom stereocenters. The summed E-state index contributed by atoms with van der Waals surface area (Å²) in [5.74, 6) is -0.409. The SMILES string of the molecule is CC(C)(CCc1noc(=O)[nH]1)c1ccc(C(=O)Nc2cn3cc(C(F)(F)F)ccc3n2)cc1. The molecule has 0 aliphatic heterocycles. The Labute approximate surface area is 185 Å². The van der Waals surface area contributed by atoms with Gasteiger partial charge in [-0.05, 0) is 41.7 Å². The molecule has 0 saturated carbocycles. The number of benzene rings is 1. The maximum Gasteiger partial charge on any atom is 0.438 e. The second kappa shape index (κ2) is 8.23. The highest BCUT2D eigenvalue weighted by atomic mass is 19.4. The minimum atomic E-state index is -4.47. The van der Waals surface area contributed by atoms with E-state index in [0.717, 1.165) is 17.8 Å². The first-order valence-corrected chi connectivity index (χ1v) is 10.0. The van der Waals surface area contributed by atoms with E-state index in [0.29, 0.717) is 24.2 Å². The van der Waals surface area contributed by atoms with Gasteiger partial charge in [-0.1, -0.05) is 31.1 Å². The summed E-state index contributed by atoms with van der Waals surface area (Å²) in [5.41, 5.74) is 0.575. The Balaban J connectivity index is 1.44. The van der Waals surface area contributed by atoms with Crippen LogP contribution in [-0.4, -0.2) is 25.4 Å². The summed E-state index contributed by atoms with van der Waals surface area (Å²) in [6, 6.07) is 9.18. The van der Waals surface area contributed by atoms with Gasteiger partial charge in [0.25, 0.3) is 5.91 Å². The van der Waals surface area contributed by atoms with E-state index in [-0.39, 0.29) is 16.9 Å². The van der Waals surface area contributed by atoms with Gasteiger partial charge in [-0.2, -0.15) is 13.2 Å². The number of aryl methyl sites for hydroxylation is 1. The van der Waals surface area contributed by atoms with E-state index in [2.05, 4.69) is 25.0 Å². The van der Waals surface area contributed by atoms with Gasteiger partial charge in [-0.3, -0.25) is 14.3 Å². The van der Waals surface area contributed by atoms with Crippen molar-refractivity contribution < 1.29 is 22.5 Å². The van der Waals surface area contributed by atoms with Crippen LogP contribution < -0.4 is 11.1 Å². The van der Waals surface area contributed by atoms with Crippen LogP contribution in [0, 0.1) is 0 Å². The number of alkyl halides is 3. The Morgan fingerprint density at radius 1 is 1.09 bits per heavy atom. The van der Waals surface area contributed by atoms with Gasteiger partial charge in [0.1, 0.15) is 5.65 Å². The number of aromatic nitrogens is 4. The molecule has 3 aromatic heterocycles. The highest BCUT2D eigenvalue weighted by Gasteiger charge is 2.31. The number of hydrogen-bond donors (Lipinski definition) is 2. The van der Waals surface area contributed by atoms with Crippen molar-refractivity contribution in [3.05, 3.63) is 81.9 Å². The lowest BCUT2D eigenvalue weighted by molar-refractivity contribution is -0.137. The van der Waals surface area contributed by atoms with E-state index in [9.17, 15) is 22.8 Å². The zero-order valence-corrected chi connectivity index (χ0v) is 17.7. The Morgan fingerprint density at radius 3 is 2.42 bits per heavy atom. The van der Waals surface area contributed by atoms with Crippen molar-refractivity contribution in [2.45, 2.75) is 38.3 Å². The van der Waals surface area contributed by atoms with Gasteiger partial charge < -0.3 is 9.72 Å². The van der Waals surface area contributed by atoms with Gasteiger partial charge in [0, 0.05) is 18.2 Å². The highest BCUT2D eigenvalue weighted by molar-refractivity contribution is 6.03. The topological polar surface area (TPSA) is 105 Å². The fourth-order valence-corrected chi connectivity index (χ4v) is 3.42. The molecule has 0 fully saturated rings. The lowest BCUT2D eigenvalue weighted by Gasteiger charge is -2.25. The monoisotopic (exact) mass is 459 g/mol. The molecule has 1 amide bonds. The molecule has 0 radical (unpaired) electrons. The normalized spacial score (nSPS) is 12.3. The van der Waals surface area contributed by atoms with E-state index >= 15 is 0 Å². The van der Waals surface area contributed by atoms with Gasteiger partial charge in [0.05, 0.1) is 11.8 Å². The first kappa shape index (κ1) is 22.3. The van der Waals surface area contributed by atoms with Crippen LogP contribution in [0.1, 0.15) is 47.6 Å². The van der Waals surface area contributed by atoms with Crippen LogP contribution in [0.15, 0.2) is 58.1 Å². The van der Waals surface area contributed by atoms with E-state index in [1.165, 1.54) is 16.7 Å². The number of halogens is 3. The molecule has 11 heteroatoms. The van der Waals surface area contributed by atoms with Crippen LogP contribution in [-0.2, 0) is 18.0 Å². The molecule has 3 heterocycles. The lowest BCUT2D eigenvalue weighted by atomic mass is 9.80. The van der Waals surface area contributed by atoms with E-state index in [4.69, 9.17) is 0 Å². The molecule has 0 unspecified atom stereocenters. The predicted molar refractivity (Wildman–Crippen MR) is 113 cm³/mol. The largest absolute Gasteiger partial charge is 0.438 e. The zero-order chi connectivity index (χ0) is 23.8. The predicted octanol–water partition coefficient (Wildman–Crippen LogP) is 4.19. The number of hydrogen-bond acceptors (Lipinski definition) is 5. The van der Waals surface area contributed by atoms with E-state index in [1.54, 1.807) is 12.1 Å². The molecule has 33 heavy (non-hydrogen) atoms. The number of nitrogens with zero attached hydrogens (tertiary/aromatic N) is 3. The van der Waals surface area contributed by atoms with Crippen LogP contribution in [0.25, 0.3) is 5.65 Å². The maximum absolute atomic E-state index is 12.9. The minimum absolute atomic E-state index is 0.144. The van der Waals surface area contributed by atoms with Gasteiger partial charge >= 0.3 is 11.9 Å². The molecule has 0 aliphatic rings. The Kier molecular flexibility index (Phi) is 5.56. The highest BCUT2D eigenvalue weighted by Crippen LogP contribution is 2.30. The number of rotatable bonds is 6. The molecule has 0 saturated heterocycles. The van der Waals surface area contributed by atoms with Crippen molar-refractivity contribution >= 4 is 17.4 Å². The third-order valence-electron chi connectivity index (χ3n) is 5.42. The summed E-state index contributed by atoms with van der Waals surface area (Å²) < 4.78 is 44.4. The summed E-state index contributed by atoms with van der Waals surface area (Å²) in [5, 5.41) is 6.27. The van der Waals surface area contributed by atoms with Gasteiger partial charge in [0.15, 0.2) is 11.6 Å². The fourth-order valence-electron chi connectivity index (χ4n) is 3.42. The van der Waals surface area contributed by atoms with Crippen LogP contribution in [0.3, 0.4) is 0 Å². The molecular formula is C22H20F3N5O3. The Hall–Kier alpha value is -3.89. The molecule has 172 valence electrons. The van der Waals surface area contributed by atoms with Gasteiger partial charge in [0.2, 0.25) is 0 Å². The fraction of sp³-hybridized carbons (Fsp3) is 0.273. The number of pyridine rings is 1. The number of carbonyl (C=O) groups is 1. The third-order valence-corrected chi connectivity index (χ3v) is 5.42. The van der Waals surface area contributed by atoms with Crippen molar-refractivity contribution in [2.75, 3.05) is 5.32 Å². The number of H-pyrrole nitrogens is 1. The van der Waals surface area contributed by atoms with Crippen LogP contribution in [0.5, 0.6) is 0 Å². The molecule has 0 spiro atoms. The maximum atomic E-state index is 12.9. The van der Waals surface area contributed by atoms with E-state index < -0.39 is 23.4 Å². The summed E-state index contributed by atoms with van der Waals surface area (Å²) in [7, 11) is 0. The number of amides is 1. The first-order valence-electron chi connectivity index (χ1n) is 10.0. The number of imidazole rings is 1. The van der Waals surface area contributed by atoms with E-state index in [1.807, 2.05) is 26.0 Å². The molecular weight excluding hydrogens is 439 g/mol. The second-order valence-electron chi connectivity index (χ2n) is 8.26. The molecule has 2 N–H and O–H groups in total. The molecule has 0 aliphatic carbocycles. The Morgan fingerprint density at radius 2 is 1.79 bits per heavy atom. The van der Waals surface area contributed by atoms with Crippen molar-refractivity contribution in [1.29, 1.82) is 0 Å². The number of anilines is 1. The third kappa shape index (κ3) is 4.97. The first-order chi connectivity index (χ1) is 15.5. The lowest BCUT2D eigenvalue weighted by Crippen LogP contribution is -2.19. The number of nitrogens with one attached hydrogen (secondary N) is 2. The number of aromatic amines is 1. The quantitative estimate of drug-likeness (QED) is 0.450.